The SMILES string of the molecule is COc1ccccc1NC(=S)N(Cc1c(C)nn(C)c1C)[C@@H]1CC(=O)N(c2cccc(C)c2)C1=O. The van der Waals surface area contributed by atoms with Crippen LogP contribution in [0.5, 0.6) is 5.75 Å². The maximum atomic E-state index is 13.6. The van der Waals surface area contributed by atoms with Crippen molar-refractivity contribution in [2.45, 2.75) is 39.8 Å². The number of anilines is 2. The minimum atomic E-state index is -0.753. The molecular formula is C26H29N5O3S. The molecule has 0 aliphatic carbocycles. The highest BCUT2D eigenvalue weighted by Crippen LogP contribution is 2.30. The number of methoxy groups -OCH3 is 1. The molecule has 2 aromatic carbocycles. The molecule has 2 heterocycles. The molecule has 0 unspecified atom stereocenters. The Labute approximate surface area is 210 Å². The van der Waals surface area contributed by atoms with E-state index in [4.69, 9.17) is 17.0 Å². The van der Waals surface area contributed by atoms with Gasteiger partial charge in [0.05, 0.1) is 30.6 Å². The van der Waals surface area contributed by atoms with Crippen LogP contribution in [0.4, 0.5) is 11.4 Å². The van der Waals surface area contributed by atoms with Crippen LogP contribution in [0.2, 0.25) is 0 Å². The highest BCUT2D eigenvalue weighted by molar-refractivity contribution is 7.80. The summed E-state index contributed by atoms with van der Waals surface area (Å²) in [6.07, 6.45) is 0.0267. The van der Waals surface area contributed by atoms with E-state index < -0.39 is 6.04 Å². The van der Waals surface area contributed by atoms with Gasteiger partial charge in [0.2, 0.25) is 5.91 Å². The predicted molar refractivity (Wildman–Crippen MR) is 140 cm³/mol. The number of benzene rings is 2. The van der Waals surface area contributed by atoms with Crippen LogP contribution in [0, 0.1) is 20.8 Å². The monoisotopic (exact) mass is 491 g/mol. The van der Waals surface area contributed by atoms with Crippen LogP contribution < -0.4 is 15.0 Å². The van der Waals surface area contributed by atoms with Crippen LogP contribution in [0.15, 0.2) is 48.5 Å². The van der Waals surface area contributed by atoms with Crippen molar-refractivity contribution in [3.05, 3.63) is 71.0 Å². The molecule has 1 aliphatic heterocycles. The van der Waals surface area contributed by atoms with Gasteiger partial charge in [-0.15, -0.1) is 0 Å². The van der Waals surface area contributed by atoms with E-state index in [9.17, 15) is 9.59 Å². The fraction of sp³-hybridized carbons (Fsp3) is 0.308. The van der Waals surface area contributed by atoms with E-state index in [1.54, 1.807) is 22.8 Å². The van der Waals surface area contributed by atoms with E-state index in [1.165, 1.54) is 4.90 Å². The summed E-state index contributed by atoms with van der Waals surface area (Å²) in [5, 5.41) is 8.07. The fourth-order valence-corrected chi connectivity index (χ4v) is 4.67. The van der Waals surface area contributed by atoms with Gasteiger partial charge in [-0.1, -0.05) is 24.3 Å². The van der Waals surface area contributed by atoms with Gasteiger partial charge in [0, 0.05) is 24.8 Å². The lowest BCUT2D eigenvalue weighted by molar-refractivity contribution is -0.122. The maximum Gasteiger partial charge on any atom is 0.257 e. The molecule has 4 rings (SSSR count). The number of aryl methyl sites for hydroxylation is 3. The van der Waals surface area contributed by atoms with E-state index in [2.05, 4.69) is 10.4 Å². The number of imide groups is 1. The first-order chi connectivity index (χ1) is 16.7. The van der Waals surface area contributed by atoms with Gasteiger partial charge < -0.3 is 15.0 Å². The summed E-state index contributed by atoms with van der Waals surface area (Å²) < 4.78 is 7.26. The van der Waals surface area contributed by atoms with Gasteiger partial charge in [0.25, 0.3) is 5.91 Å². The Hall–Kier alpha value is -3.72. The Kier molecular flexibility index (Phi) is 6.88. The standard InChI is InChI=1S/C26H29N5O3S/c1-16-9-8-10-19(13-16)31-24(32)14-22(25(31)33)30(15-20-17(2)28-29(4)18(20)3)26(35)27-21-11-6-7-12-23(21)34-5/h6-13,22H,14-15H2,1-5H3,(H,27,35)/t22-/m1/s1. The van der Waals surface area contributed by atoms with Crippen molar-refractivity contribution in [2.75, 3.05) is 17.3 Å². The van der Waals surface area contributed by atoms with E-state index in [-0.39, 0.29) is 18.2 Å². The molecular weight excluding hydrogens is 462 g/mol. The Morgan fingerprint density at radius 3 is 2.57 bits per heavy atom. The van der Waals surface area contributed by atoms with Crippen LogP contribution in [0.3, 0.4) is 0 Å². The van der Waals surface area contributed by atoms with Gasteiger partial charge in [-0.3, -0.25) is 14.3 Å². The zero-order chi connectivity index (χ0) is 25.3. The molecule has 35 heavy (non-hydrogen) atoms. The Bertz CT molecular complexity index is 1300. The molecule has 0 bridgehead atoms. The van der Waals surface area contributed by atoms with Crippen molar-refractivity contribution < 1.29 is 14.3 Å². The minimum Gasteiger partial charge on any atom is -0.495 e. The van der Waals surface area contributed by atoms with Crippen LogP contribution in [-0.2, 0) is 23.2 Å². The molecule has 1 aromatic heterocycles. The first kappa shape index (κ1) is 24.4. The molecule has 182 valence electrons. The van der Waals surface area contributed by atoms with E-state index in [0.717, 1.165) is 22.5 Å². The molecule has 0 radical (unpaired) electrons. The summed E-state index contributed by atoms with van der Waals surface area (Å²) in [5.74, 6) is 0.0676. The van der Waals surface area contributed by atoms with Crippen LogP contribution in [-0.4, -0.2) is 44.8 Å². The third kappa shape index (κ3) is 4.77. The number of para-hydroxylation sites is 2. The number of thiocarbonyl (C=S) groups is 1. The van der Waals surface area contributed by atoms with Crippen molar-refractivity contribution in [1.82, 2.24) is 14.7 Å². The lowest BCUT2D eigenvalue weighted by atomic mass is 10.1. The first-order valence-corrected chi connectivity index (χ1v) is 11.7. The second kappa shape index (κ2) is 9.87. The number of aromatic nitrogens is 2. The molecule has 1 fully saturated rings. The third-order valence-corrected chi connectivity index (χ3v) is 6.69. The molecule has 1 atom stereocenters. The Morgan fingerprint density at radius 2 is 1.91 bits per heavy atom. The van der Waals surface area contributed by atoms with Crippen LogP contribution in [0.1, 0.15) is 28.9 Å². The molecule has 0 saturated carbocycles. The second-order valence-corrected chi connectivity index (χ2v) is 9.04. The average molecular weight is 492 g/mol. The summed E-state index contributed by atoms with van der Waals surface area (Å²) in [4.78, 5) is 29.8. The van der Waals surface area contributed by atoms with Gasteiger partial charge in [-0.25, -0.2) is 4.90 Å². The number of carbonyl (C=O) groups is 2. The van der Waals surface area contributed by atoms with Crippen LogP contribution >= 0.6 is 12.2 Å². The van der Waals surface area contributed by atoms with Crippen molar-refractivity contribution in [3.8, 4) is 5.75 Å². The van der Waals surface area contributed by atoms with Gasteiger partial charge in [-0.2, -0.15) is 5.10 Å². The molecule has 1 aliphatic rings. The maximum absolute atomic E-state index is 13.6. The number of hydrogen-bond donors (Lipinski definition) is 1. The van der Waals surface area contributed by atoms with E-state index >= 15 is 0 Å². The Balaban J connectivity index is 1.70. The zero-order valence-electron chi connectivity index (χ0n) is 20.5. The van der Waals surface area contributed by atoms with Gasteiger partial charge in [0.1, 0.15) is 11.8 Å². The zero-order valence-corrected chi connectivity index (χ0v) is 21.3. The topological polar surface area (TPSA) is 79.7 Å². The fourth-order valence-electron chi connectivity index (χ4n) is 4.37. The number of hydrogen-bond acceptors (Lipinski definition) is 5. The average Bonchev–Trinajstić information content (AvgIpc) is 3.25. The number of ether oxygens (including phenoxy) is 1. The smallest absolute Gasteiger partial charge is 0.257 e. The lowest BCUT2D eigenvalue weighted by Gasteiger charge is -2.31. The van der Waals surface area contributed by atoms with E-state index in [0.29, 0.717) is 28.8 Å². The third-order valence-electron chi connectivity index (χ3n) is 6.36. The Morgan fingerprint density at radius 1 is 1.17 bits per heavy atom. The second-order valence-electron chi connectivity index (χ2n) is 8.66. The molecule has 1 N–H and O–H groups in total. The molecule has 8 nitrogen and oxygen atoms in total. The summed E-state index contributed by atoms with van der Waals surface area (Å²) in [6.45, 7) is 6.17. The van der Waals surface area contributed by atoms with Gasteiger partial charge in [-0.05, 0) is 62.8 Å². The quantitative estimate of drug-likeness (QED) is 0.414. The molecule has 2 amide bonds. The summed E-state index contributed by atoms with van der Waals surface area (Å²) in [5.41, 5.74) is 5.00. The van der Waals surface area contributed by atoms with E-state index in [1.807, 2.05) is 70.3 Å². The molecule has 9 heteroatoms. The van der Waals surface area contributed by atoms with Crippen molar-refractivity contribution in [1.29, 1.82) is 0 Å². The number of rotatable bonds is 6. The number of nitrogens with one attached hydrogen (secondary N) is 1. The van der Waals surface area contributed by atoms with Gasteiger partial charge >= 0.3 is 0 Å². The first-order valence-electron chi connectivity index (χ1n) is 11.3. The lowest BCUT2D eigenvalue weighted by Crippen LogP contribution is -2.47. The molecule has 3 aromatic rings. The van der Waals surface area contributed by atoms with Gasteiger partial charge in [0.15, 0.2) is 5.11 Å². The van der Waals surface area contributed by atoms with Crippen LogP contribution in [0.25, 0.3) is 0 Å². The summed E-state index contributed by atoms with van der Waals surface area (Å²) in [6, 6.07) is 14.0. The molecule has 0 spiro atoms. The number of amides is 2. The number of nitrogens with zero attached hydrogens (tertiary/aromatic N) is 4. The largest absolute Gasteiger partial charge is 0.495 e. The van der Waals surface area contributed by atoms with Crippen molar-refractivity contribution in [2.24, 2.45) is 7.05 Å². The minimum absolute atomic E-state index is 0.0267. The number of carbonyl (C=O) groups excluding carboxylic acids is 2. The summed E-state index contributed by atoms with van der Waals surface area (Å²) in [7, 11) is 3.47. The van der Waals surface area contributed by atoms with Crippen molar-refractivity contribution >= 4 is 40.5 Å². The van der Waals surface area contributed by atoms with Crippen molar-refractivity contribution in [3.63, 3.8) is 0 Å². The molecule has 1 saturated heterocycles. The highest BCUT2D eigenvalue weighted by Gasteiger charge is 2.44. The normalized spacial score (nSPS) is 15.5. The summed E-state index contributed by atoms with van der Waals surface area (Å²) >= 11 is 5.81. The predicted octanol–water partition coefficient (Wildman–Crippen LogP) is 3.89. The highest BCUT2D eigenvalue weighted by atomic mass is 32.1.